The van der Waals surface area contributed by atoms with E-state index >= 15 is 0 Å². The molecule has 1 heterocycles. The molecule has 0 saturated heterocycles. The zero-order valence-electron chi connectivity index (χ0n) is 8.97. The van der Waals surface area contributed by atoms with Gasteiger partial charge in [0.25, 0.3) is 10.0 Å². The summed E-state index contributed by atoms with van der Waals surface area (Å²) in [6.07, 6.45) is 1.38. The first-order valence-electron chi connectivity index (χ1n) is 4.87. The van der Waals surface area contributed by atoms with Crippen molar-refractivity contribution in [1.29, 1.82) is 0 Å². The maximum atomic E-state index is 12.7. The molecule has 0 radical (unpaired) electrons. The summed E-state index contributed by atoms with van der Waals surface area (Å²) in [5, 5.41) is 0.363. The smallest absolute Gasteiger partial charge is 0.263 e. The second-order valence-corrected chi connectivity index (χ2v) is 5.54. The molecule has 0 bridgehead atoms. The molecule has 1 aromatic carbocycles. The lowest BCUT2D eigenvalue weighted by atomic mass is 10.4. The summed E-state index contributed by atoms with van der Waals surface area (Å²) in [5.41, 5.74) is 0. The summed E-state index contributed by atoms with van der Waals surface area (Å²) in [4.78, 5) is 3.77. The molecular weight excluding hydrogens is 279 g/mol. The highest BCUT2D eigenvalue weighted by Crippen LogP contribution is 2.17. The Morgan fingerprint density at radius 2 is 1.83 bits per heavy atom. The van der Waals surface area contributed by atoms with Crippen LogP contribution < -0.4 is 4.72 Å². The molecule has 4 nitrogen and oxygen atoms in total. The minimum atomic E-state index is -3.78. The Morgan fingerprint density at radius 1 is 1.17 bits per heavy atom. The molecule has 0 amide bonds. The monoisotopic (exact) mass is 286 g/mol. The van der Waals surface area contributed by atoms with Gasteiger partial charge in [-0.2, -0.15) is 0 Å². The quantitative estimate of drug-likeness (QED) is 0.944. The van der Waals surface area contributed by atoms with Gasteiger partial charge >= 0.3 is 0 Å². The highest BCUT2D eigenvalue weighted by atomic mass is 35.5. The van der Waals surface area contributed by atoms with Crippen LogP contribution in [-0.4, -0.2) is 13.4 Å². The number of hydrogen-bond acceptors (Lipinski definition) is 3. The SMILES string of the molecule is O=S(=O)(Nc1cc(Cl)ccn1)c1ccc(F)cc1. The number of rotatable bonds is 3. The first-order chi connectivity index (χ1) is 8.47. The van der Waals surface area contributed by atoms with Crippen molar-refractivity contribution in [3.8, 4) is 0 Å². The normalized spacial score (nSPS) is 11.2. The average Bonchev–Trinajstić information content (AvgIpc) is 2.29. The lowest BCUT2D eigenvalue weighted by Crippen LogP contribution is -2.13. The third-order valence-electron chi connectivity index (χ3n) is 2.08. The summed E-state index contributed by atoms with van der Waals surface area (Å²) in [6, 6.07) is 7.38. The van der Waals surface area contributed by atoms with Crippen molar-refractivity contribution in [2.24, 2.45) is 0 Å². The van der Waals surface area contributed by atoms with Crippen LogP contribution in [0.2, 0.25) is 5.02 Å². The topological polar surface area (TPSA) is 59.1 Å². The second kappa shape index (κ2) is 4.91. The molecule has 0 saturated carbocycles. The number of nitrogens with one attached hydrogen (secondary N) is 1. The number of anilines is 1. The molecule has 2 rings (SSSR count). The van der Waals surface area contributed by atoms with Crippen LogP contribution in [0.4, 0.5) is 10.2 Å². The summed E-state index contributed by atoms with van der Waals surface area (Å²) < 4.78 is 38.8. The lowest BCUT2D eigenvalue weighted by molar-refractivity contribution is 0.599. The van der Waals surface area contributed by atoms with E-state index in [0.717, 1.165) is 12.1 Å². The predicted molar refractivity (Wildman–Crippen MR) is 66.5 cm³/mol. The van der Waals surface area contributed by atoms with E-state index in [-0.39, 0.29) is 10.7 Å². The van der Waals surface area contributed by atoms with Gasteiger partial charge in [0.2, 0.25) is 0 Å². The van der Waals surface area contributed by atoms with Gasteiger partial charge in [0, 0.05) is 17.3 Å². The van der Waals surface area contributed by atoms with Crippen molar-refractivity contribution in [2.75, 3.05) is 4.72 Å². The Hall–Kier alpha value is -1.66. The first-order valence-corrected chi connectivity index (χ1v) is 6.73. The fourth-order valence-corrected chi connectivity index (χ4v) is 2.43. The van der Waals surface area contributed by atoms with Gasteiger partial charge in [-0.05, 0) is 30.3 Å². The van der Waals surface area contributed by atoms with Crippen molar-refractivity contribution in [2.45, 2.75) is 4.90 Å². The fourth-order valence-electron chi connectivity index (χ4n) is 1.27. The Labute approximate surface area is 108 Å². The second-order valence-electron chi connectivity index (χ2n) is 3.42. The molecule has 7 heteroatoms. The molecule has 0 unspecified atom stereocenters. The highest BCUT2D eigenvalue weighted by molar-refractivity contribution is 7.92. The Balaban J connectivity index is 2.30. The van der Waals surface area contributed by atoms with Crippen LogP contribution in [0.5, 0.6) is 0 Å². The third kappa shape index (κ3) is 2.96. The van der Waals surface area contributed by atoms with Gasteiger partial charge in [0.1, 0.15) is 11.6 Å². The molecule has 0 spiro atoms. The molecule has 0 aliphatic carbocycles. The van der Waals surface area contributed by atoms with Crippen molar-refractivity contribution in [3.05, 3.63) is 53.4 Å². The van der Waals surface area contributed by atoms with Gasteiger partial charge < -0.3 is 0 Å². The van der Waals surface area contributed by atoms with Gasteiger partial charge in [-0.1, -0.05) is 11.6 Å². The van der Waals surface area contributed by atoms with E-state index in [1.807, 2.05) is 0 Å². The van der Waals surface area contributed by atoms with Crippen LogP contribution >= 0.6 is 11.6 Å². The van der Waals surface area contributed by atoms with Gasteiger partial charge in [-0.15, -0.1) is 0 Å². The number of aromatic nitrogens is 1. The van der Waals surface area contributed by atoms with Crippen LogP contribution in [0.1, 0.15) is 0 Å². The Kier molecular flexibility index (Phi) is 3.49. The van der Waals surface area contributed by atoms with E-state index in [4.69, 9.17) is 11.6 Å². The van der Waals surface area contributed by atoms with Crippen LogP contribution in [0.25, 0.3) is 0 Å². The maximum Gasteiger partial charge on any atom is 0.263 e. The van der Waals surface area contributed by atoms with E-state index in [9.17, 15) is 12.8 Å². The average molecular weight is 287 g/mol. The molecule has 1 aromatic heterocycles. The van der Waals surface area contributed by atoms with Crippen LogP contribution in [0.3, 0.4) is 0 Å². The minimum absolute atomic E-state index is 0.0503. The van der Waals surface area contributed by atoms with Gasteiger partial charge in [-0.25, -0.2) is 17.8 Å². The standard InChI is InChI=1S/C11H8ClFN2O2S/c12-8-5-6-14-11(7-8)15-18(16,17)10-3-1-9(13)2-4-10/h1-7H,(H,14,15). The molecule has 94 valence electrons. The zero-order chi connectivity index (χ0) is 13.2. The Morgan fingerprint density at radius 3 is 2.44 bits per heavy atom. The molecule has 2 aromatic rings. The summed E-state index contributed by atoms with van der Waals surface area (Å²) in [6.45, 7) is 0. The summed E-state index contributed by atoms with van der Waals surface area (Å²) >= 11 is 5.72. The zero-order valence-corrected chi connectivity index (χ0v) is 10.5. The van der Waals surface area contributed by atoms with Crippen molar-refractivity contribution in [3.63, 3.8) is 0 Å². The summed E-state index contributed by atoms with van der Waals surface area (Å²) in [5.74, 6) is -0.401. The molecule has 18 heavy (non-hydrogen) atoms. The molecule has 0 fully saturated rings. The molecule has 1 N–H and O–H groups in total. The molecule has 0 atom stereocenters. The van der Waals surface area contributed by atoms with E-state index in [2.05, 4.69) is 9.71 Å². The molecule has 0 aliphatic heterocycles. The lowest BCUT2D eigenvalue weighted by Gasteiger charge is -2.07. The highest BCUT2D eigenvalue weighted by Gasteiger charge is 2.14. The minimum Gasteiger partial charge on any atom is -0.263 e. The fraction of sp³-hybridized carbons (Fsp3) is 0. The molecular formula is C11H8ClFN2O2S. The number of pyridine rings is 1. The predicted octanol–water partition coefficient (Wildman–Crippen LogP) is 2.67. The van der Waals surface area contributed by atoms with E-state index in [0.29, 0.717) is 5.02 Å². The van der Waals surface area contributed by atoms with Gasteiger partial charge in [-0.3, -0.25) is 4.72 Å². The van der Waals surface area contributed by atoms with Crippen LogP contribution in [0, 0.1) is 5.82 Å². The van der Waals surface area contributed by atoms with E-state index in [1.54, 1.807) is 0 Å². The van der Waals surface area contributed by atoms with Crippen LogP contribution in [0.15, 0.2) is 47.5 Å². The van der Waals surface area contributed by atoms with Gasteiger partial charge in [0.05, 0.1) is 4.90 Å². The first kappa shape index (κ1) is 12.8. The van der Waals surface area contributed by atoms with Crippen LogP contribution in [-0.2, 0) is 10.0 Å². The number of halogens is 2. The number of nitrogens with zero attached hydrogens (tertiary/aromatic N) is 1. The molecule has 0 aliphatic rings. The van der Waals surface area contributed by atoms with Crippen molar-refractivity contribution < 1.29 is 12.8 Å². The number of hydrogen-bond donors (Lipinski definition) is 1. The Bertz CT molecular complexity index is 659. The summed E-state index contributed by atoms with van der Waals surface area (Å²) in [7, 11) is -3.78. The van der Waals surface area contributed by atoms with Crippen molar-refractivity contribution in [1.82, 2.24) is 4.98 Å². The number of sulfonamides is 1. The third-order valence-corrected chi connectivity index (χ3v) is 3.69. The van der Waals surface area contributed by atoms with E-state index in [1.165, 1.54) is 30.5 Å². The van der Waals surface area contributed by atoms with Crippen molar-refractivity contribution >= 4 is 27.4 Å². The number of benzene rings is 1. The van der Waals surface area contributed by atoms with E-state index < -0.39 is 15.8 Å². The van der Waals surface area contributed by atoms with Gasteiger partial charge in [0.15, 0.2) is 0 Å². The largest absolute Gasteiger partial charge is 0.263 e. The maximum absolute atomic E-state index is 12.7.